The molecule has 0 saturated carbocycles. The first-order chi connectivity index (χ1) is 9.02. The molecule has 0 bridgehead atoms. The number of amides is 2. The van der Waals surface area contributed by atoms with E-state index >= 15 is 0 Å². The van der Waals surface area contributed by atoms with Gasteiger partial charge < -0.3 is 19.7 Å². The average Bonchev–Trinajstić information content (AvgIpc) is 2.37. The van der Waals surface area contributed by atoms with Crippen LogP contribution in [0.25, 0.3) is 0 Å². The second-order valence-electron chi connectivity index (χ2n) is 4.73. The monoisotopic (exact) mass is 270 g/mol. The third-order valence-corrected chi connectivity index (χ3v) is 3.09. The van der Waals surface area contributed by atoms with Crippen LogP contribution in [0.15, 0.2) is 0 Å². The van der Waals surface area contributed by atoms with Crippen LogP contribution < -0.4 is 5.32 Å². The Morgan fingerprint density at radius 3 is 2.37 bits per heavy atom. The van der Waals surface area contributed by atoms with Crippen molar-refractivity contribution in [3.05, 3.63) is 0 Å². The van der Waals surface area contributed by atoms with Crippen LogP contribution >= 0.6 is 0 Å². The first-order valence-corrected chi connectivity index (χ1v) is 6.73. The summed E-state index contributed by atoms with van der Waals surface area (Å²) < 4.78 is 4.92. The number of carbonyl (C=O) groups excluding carboxylic acids is 3. The van der Waals surface area contributed by atoms with E-state index in [2.05, 4.69) is 5.32 Å². The zero-order valence-corrected chi connectivity index (χ0v) is 11.6. The van der Waals surface area contributed by atoms with Gasteiger partial charge in [-0.2, -0.15) is 0 Å². The standard InChI is InChI=1S/C13H22N2O4/c1-3-19-13(18)15-8-6-11(7-9-15)14-12(17)5-4-10(2)16/h11H,3-9H2,1-2H3,(H,14,17). The van der Waals surface area contributed by atoms with Gasteiger partial charge in [-0.25, -0.2) is 4.79 Å². The molecule has 0 atom stereocenters. The molecule has 0 aromatic rings. The highest BCUT2D eigenvalue weighted by Gasteiger charge is 2.24. The fourth-order valence-electron chi connectivity index (χ4n) is 2.01. The van der Waals surface area contributed by atoms with Gasteiger partial charge in [0.1, 0.15) is 5.78 Å². The molecule has 1 rings (SSSR count). The number of nitrogens with zero attached hydrogens (tertiary/aromatic N) is 1. The number of Topliss-reactive ketones (excluding diaryl/α,β-unsaturated/α-hetero) is 1. The number of rotatable bonds is 5. The molecule has 0 aliphatic carbocycles. The number of ether oxygens (including phenoxy) is 1. The maximum absolute atomic E-state index is 11.6. The Kier molecular flexibility index (Phi) is 6.32. The molecule has 1 aliphatic rings. The van der Waals surface area contributed by atoms with Gasteiger partial charge in [-0.3, -0.25) is 4.79 Å². The molecule has 1 heterocycles. The number of piperidine rings is 1. The zero-order chi connectivity index (χ0) is 14.3. The molecule has 108 valence electrons. The van der Waals surface area contributed by atoms with Gasteiger partial charge in [-0.1, -0.05) is 0 Å². The first-order valence-electron chi connectivity index (χ1n) is 6.73. The van der Waals surface area contributed by atoms with Gasteiger partial charge in [0, 0.05) is 32.0 Å². The molecule has 6 nitrogen and oxygen atoms in total. The van der Waals surface area contributed by atoms with Crippen molar-refractivity contribution in [3.8, 4) is 0 Å². The van der Waals surface area contributed by atoms with Gasteiger partial charge in [0.2, 0.25) is 5.91 Å². The Morgan fingerprint density at radius 1 is 1.21 bits per heavy atom. The SMILES string of the molecule is CCOC(=O)N1CCC(NC(=O)CCC(C)=O)CC1. The molecule has 0 aromatic heterocycles. The Balaban J connectivity index is 2.24. The lowest BCUT2D eigenvalue weighted by Crippen LogP contribution is -2.46. The Morgan fingerprint density at radius 2 is 1.84 bits per heavy atom. The molecule has 1 N–H and O–H groups in total. The van der Waals surface area contributed by atoms with Crippen molar-refractivity contribution in [2.75, 3.05) is 19.7 Å². The molecule has 1 saturated heterocycles. The van der Waals surface area contributed by atoms with Crippen molar-refractivity contribution in [3.63, 3.8) is 0 Å². The molecule has 6 heteroatoms. The number of hydrogen-bond acceptors (Lipinski definition) is 4. The minimum Gasteiger partial charge on any atom is -0.450 e. The maximum atomic E-state index is 11.6. The minimum absolute atomic E-state index is 0.0206. The second-order valence-corrected chi connectivity index (χ2v) is 4.73. The molecular formula is C13H22N2O4. The van der Waals surface area contributed by atoms with Gasteiger partial charge >= 0.3 is 6.09 Å². The van der Waals surface area contributed by atoms with Crippen molar-refractivity contribution < 1.29 is 19.1 Å². The Labute approximate surface area is 113 Å². The van der Waals surface area contributed by atoms with E-state index in [0.29, 0.717) is 19.7 Å². The van der Waals surface area contributed by atoms with E-state index in [1.165, 1.54) is 6.92 Å². The molecule has 1 aliphatic heterocycles. The maximum Gasteiger partial charge on any atom is 0.409 e. The topological polar surface area (TPSA) is 75.7 Å². The summed E-state index contributed by atoms with van der Waals surface area (Å²) in [5.41, 5.74) is 0. The largest absolute Gasteiger partial charge is 0.450 e. The summed E-state index contributed by atoms with van der Waals surface area (Å²) >= 11 is 0. The minimum atomic E-state index is -0.288. The quantitative estimate of drug-likeness (QED) is 0.811. The lowest BCUT2D eigenvalue weighted by atomic mass is 10.1. The van der Waals surface area contributed by atoms with Crippen molar-refractivity contribution in [2.45, 2.75) is 45.6 Å². The Hall–Kier alpha value is -1.59. The number of ketones is 1. The second kappa shape index (κ2) is 7.76. The zero-order valence-electron chi connectivity index (χ0n) is 11.6. The molecule has 2 amide bonds. The molecular weight excluding hydrogens is 248 g/mol. The third kappa shape index (κ3) is 5.72. The van der Waals surface area contributed by atoms with E-state index in [1.54, 1.807) is 11.8 Å². The number of likely N-dealkylation sites (tertiary alicyclic amines) is 1. The van der Waals surface area contributed by atoms with Crippen LogP contribution in [0.5, 0.6) is 0 Å². The fraction of sp³-hybridized carbons (Fsp3) is 0.769. The summed E-state index contributed by atoms with van der Waals surface area (Å²) in [5, 5.41) is 2.90. The number of nitrogens with one attached hydrogen (secondary N) is 1. The van der Waals surface area contributed by atoms with E-state index in [9.17, 15) is 14.4 Å². The molecule has 0 unspecified atom stereocenters. The summed E-state index contributed by atoms with van der Waals surface area (Å²) in [6, 6.07) is 0.0881. The lowest BCUT2D eigenvalue weighted by Gasteiger charge is -2.31. The number of hydrogen-bond donors (Lipinski definition) is 1. The van der Waals surface area contributed by atoms with Gasteiger partial charge in [-0.15, -0.1) is 0 Å². The first kappa shape index (κ1) is 15.5. The van der Waals surface area contributed by atoms with Crippen molar-refractivity contribution in [1.29, 1.82) is 0 Å². The van der Waals surface area contributed by atoms with Gasteiger partial charge in [0.25, 0.3) is 0 Å². The van der Waals surface area contributed by atoms with E-state index < -0.39 is 0 Å². The lowest BCUT2D eigenvalue weighted by molar-refractivity contribution is -0.125. The van der Waals surface area contributed by atoms with Crippen molar-refractivity contribution in [1.82, 2.24) is 10.2 Å². The summed E-state index contributed by atoms with van der Waals surface area (Å²) in [7, 11) is 0. The highest BCUT2D eigenvalue weighted by molar-refractivity contribution is 5.83. The van der Waals surface area contributed by atoms with Crippen LogP contribution in [-0.4, -0.2) is 48.4 Å². The van der Waals surface area contributed by atoms with Gasteiger partial charge in [0.05, 0.1) is 6.61 Å². The predicted octanol–water partition coefficient (Wildman–Crippen LogP) is 1.09. The summed E-state index contributed by atoms with van der Waals surface area (Å²) in [6.07, 6.45) is 1.69. The smallest absolute Gasteiger partial charge is 0.409 e. The van der Waals surface area contributed by atoms with E-state index in [-0.39, 0.29) is 36.7 Å². The van der Waals surface area contributed by atoms with Crippen molar-refractivity contribution in [2.24, 2.45) is 0 Å². The summed E-state index contributed by atoms with van der Waals surface area (Å²) in [6.45, 7) is 4.82. The molecule has 0 aromatic carbocycles. The van der Waals surface area contributed by atoms with E-state index in [1.807, 2.05) is 0 Å². The fourth-order valence-corrected chi connectivity index (χ4v) is 2.01. The normalized spacial score (nSPS) is 16.0. The molecule has 1 fully saturated rings. The highest BCUT2D eigenvalue weighted by atomic mass is 16.6. The van der Waals surface area contributed by atoms with Crippen LogP contribution in [0.4, 0.5) is 4.79 Å². The molecule has 0 spiro atoms. The Bertz CT molecular complexity index is 336. The van der Waals surface area contributed by atoms with Crippen molar-refractivity contribution >= 4 is 17.8 Å². The van der Waals surface area contributed by atoms with Gasteiger partial charge in [-0.05, 0) is 26.7 Å². The van der Waals surface area contributed by atoms with Gasteiger partial charge in [0.15, 0.2) is 0 Å². The third-order valence-electron chi connectivity index (χ3n) is 3.09. The predicted molar refractivity (Wildman–Crippen MR) is 69.7 cm³/mol. The summed E-state index contributed by atoms with van der Waals surface area (Å²) in [5.74, 6) is -0.0722. The van der Waals surface area contributed by atoms with Crippen LogP contribution in [0.1, 0.15) is 39.5 Å². The van der Waals surface area contributed by atoms with E-state index in [0.717, 1.165) is 12.8 Å². The highest BCUT2D eigenvalue weighted by Crippen LogP contribution is 2.11. The van der Waals surface area contributed by atoms with Crippen LogP contribution in [-0.2, 0) is 14.3 Å². The molecule has 19 heavy (non-hydrogen) atoms. The summed E-state index contributed by atoms with van der Waals surface area (Å²) in [4.78, 5) is 35.5. The molecule has 0 radical (unpaired) electrons. The van der Waals surface area contributed by atoms with E-state index in [4.69, 9.17) is 4.74 Å². The van der Waals surface area contributed by atoms with Crippen LogP contribution in [0.2, 0.25) is 0 Å². The number of carbonyl (C=O) groups is 3. The average molecular weight is 270 g/mol. The van der Waals surface area contributed by atoms with Crippen LogP contribution in [0.3, 0.4) is 0 Å². The van der Waals surface area contributed by atoms with Crippen LogP contribution in [0, 0.1) is 0 Å².